The molecule has 23 heavy (non-hydrogen) atoms. The molecule has 5 nitrogen and oxygen atoms in total. The fraction of sp³-hybridized carbons (Fsp3) is 0.529. The van der Waals surface area contributed by atoms with Gasteiger partial charge in [-0.05, 0) is 44.0 Å². The molecule has 3 rings (SSSR count). The largest absolute Gasteiger partial charge is 0.468 e. The second kappa shape index (κ2) is 5.92. The van der Waals surface area contributed by atoms with Crippen LogP contribution in [-0.4, -0.2) is 43.5 Å². The van der Waals surface area contributed by atoms with Gasteiger partial charge in [-0.15, -0.1) is 0 Å². The van der Waals surface area contributed by atoms with Crippen LogP contribution in [0.15, 0.2) is 24.3 Å². The number of nitrogens with zero attached hydrogens (tertiary/aromatic N) is 1. The van der Waals surface area contributed by atoms with Crippen molar-refractivity contribution >= 4 is 11.9 Å². The van der Waals surface area contributed by atoms with Crippen molar-refractivity contribution in [2.45, 2.75) is 31.3 Å². The summed E-state index contributed by atoms with van der Waals surface area (Å²) in [5, 5.41) is 3.02. The molecule has 0 radical (unpaired) electrons. The zero-order chi connectivity index (χ0) is 16.6. The highest BCUT2D eigenvalue weighted by Gasteiger charge is 2.58. The number of methoxy groups -OCH3 is 1. The number of carbonyl (C=O) groups excluding carboxylic acids is 2. The lowest BCUT2D eigenvalue weighted by Crippen LogP contribution is -2.45. The Hall–Kier alpha value is -1.95. The highest BCUT2D eigenvalue weighted by Crippen LogP contribution is 2.47. The number of hydrogen-bond donors (Lipinski definition) is 1. The van der Waals surface area contributed by atoms with Gasteiger partial charge < -0.3 is 10.1 Å². The monoisotopic (exact) mass is 320 g/mol. The number of amides is 1. The lowest BCUT2D eigenvalue weighted by atomic mass is 9.98. The van der Waals surface area contributed by atoms with Crippen molar-refractivity contribution in [1.82, 2.24) is 10.2 Å². The van der Waals surface area contributed by atoms with E-state index in [4.69, 9.17) is 4.74 Å². The highest BCUT2D eigenvalue weighted by atomic mass is 19.1. The zero-order valence-electron chi connectivity index (χ0n) is 13.3. The van der Waals surface area contributed by atoms with Crippen LogP contribution in [0, 0.1) is 11.2 Å². The Balaban J connectivity index is 1.75. The number of likely N-dealkylation sites (N-methyl/N-ethyl adjacent to an activating group) is 1. The normalized spacial score (nSPS) is 25.9. The quantitative estimate of drug-likeness (QED) is 0.677. The van der Waals surface area contributed by atoms with Crippen molar-refractivity contribution in [1.29, 1.82) is 0 Å². The van der Waals surface area contributed by atoms with Crippen LogP contribution in [0.2, 0.25) is 0 Å². The van der Waals surface area contributed by atoms with E-state index in [1.807, 2.05) is 7.05 Å². The molecular formula is C17H21FN2O3. The fourth-order valence-corrected chi connectivity index (χ4v) is 3.40. The number of nitrogens with one attached hydrogen (secondary N) is 1. The van der Waals surface area contributed by atoms with Gasteiger partial charge in [-0.2, -0.15) is 0 Å². The SMILES string of the molecule is COC(=O)C1(C(=O)NC2CCN(C)C2c2ccc(F)cc2)CC1. The van der Waals surface area contributed by atoms with Crippen molar-refractivity contribution < 1.29 is 18.7 Å². The third-order valence-corrected chi connectivity index (χ3v) is 4.94. The van der Waals surface area contributed by atoms with Gasteiger partial charge in [0.15, 0.2) is 0 Å². The van der Waals surface area contributed by atoms with Crippen LogP contribution in [-0.2, 0) is 14.3 Å². The van der Waals surface area contributed by atoms with Crippen LogP contribution < -0.4 is 5.32 Å². The first-order chi connectivity index (χ1) is 11.0. The first-order valence-electron chi connectivity index (χ1n) is 7.83. The van der Waals surface area contributed by atoms with Gasteiger partial charge in [0, 0.05) is 12.6 Å². The summed E-state index contributed by atoms with van der Waals surface area (Å²) in [7, 11) is 3.29. The van der Waals surface area contributed by atoms with Crippen molar-refractivity contribution in [3.05, 3.63) is 35.6 Å². The van der Waals surface area contributed by atoms with Gasteiger partial charge in [0.1, 0.15) is 11.2 Å². The molecule has 0 bridgehead atoms. The minimum Gasteiger partial charge on any atom is -0.468 e. The molecule has 1 aliphatic heterocycles. The first kappa shape index (κ1) is 15.9. The van der Waals surface area contributed by atoms with Gasteiger partial charge >= 0.3 is 5.97 Å². The van der Waals surface area contributed by atoms with Crippen LogP contribution in [0.1, 0.15) is 30.9 Å². The van der Waals surface area contributed by atoms with Gasteiger partial charge in [0.2, 0.25) is 5.91 Å². The Kier molecular flexibility index (Phi) is 4.10. The number of likely N-dealkylation sites (tertiary alicyclic amines) is 1. The summed E-state index contributed by atoms with van der Waals surface area (Å²) in [6.45, 7) is 0.832. The molecule has 2 fully saturated rings. The van der Waals surface area contributed by atoms with Crippen LogP contribution in [0.3, 0.4) is 0 Å². The van der Waals surface area contributed by atoms with Gasteiger partial charge in [0.25, 0.3) is 0 Å². The van der Waals surface area contributed by atoms with Crippen molar-refractivity contribution in [3.63, 3.8) is 0 Å². The van der Waals surface area contributed by atoms with Crippen molar-refractivity contribution in [2.75, 3.05) is 20.7 Å². The van der Waals surface area contributed by atoms with Crippen LogP contribution >= 0.6 is 0 Å². The number of hydrogen-bond acceptors (Lipinski definition) is 4. The minimum absolute atomic E-state index is 0.0204. The Morgan fingerprint density at radius 3 is 2.52 bits per heavy atom. The first-order valence-corrected chi connectivity index (χ1v) is 7.83. The molecule has 0 spiro atoms. The Labute approximate surface area is 134 Å². The molecule has 1 amide bonds. The van der Waals surface area contributed by atoms with Gasteiger partial charge in [-0.1, -0.05) is 12.1 Å². The van der Waals surface area contributed by atoms with Crippen LogP contribution in [0.5, 0.6) is 0 Å². The van der Waals surface area contributed by atoms with E-state index in [1.54, 1.807) is 12.1 Å². The summed E-state index contributed by atoms with van der Waals surface area (Å²) < 4.78 is 17.9. The van der Waals surface area contributed by atoms with E-state index >= 15 is 0 Å². The molecule has 6 heteroatoms. The Morgan fingerprint density at radius 2 is 1.96 bits per heavy atom. The molecule has 2 aliphatic rings. The summed E-state index contributed by atoms with van der Waals surface area (Å²) in [5.74, 6) is -0.992. The Morgan fingerprint density at radius 1 is 1.30 bits per heavy atom. The highest BCUT2D eigenvalue weighted by molar-refractivity contribution is 6.05. The second-order valence-corrected chi connectivity index (χ2v) is 6.42. The molecule has 1 saturated carbocycles. The maximum absolute atomic E-state index is 13.1. The van der Waals surface area contributed by atoms with E-state index in [-0.39, 0.29) is 23.8 Å². The van der Waals surface area contributed by atoms with E-state index in [2.05, 4.69) is 10.2 Å². The Bertz CT molecular complexity index is 613. The lowest BCUT2D eigenvalue weighted by Gasteiger charge is -2.27. The molecular weight excluding hydrogens is 299 g/mol. The molecule has 1 heterocycles. The molecule has 2 atom stereocenters. The van der Waals surface area contributed by atoms with Crippen molar-refractivity contribution in [2.24, 2.45) is 5.41 Å². The summed E-state index contributed by atoms with van der Waals surface area (Å²) in [5.41, 5.74) is -0.0388. The second-order valence-electron chi connectivity index (χ2n) is 6.42. The molecule has 1 aromatic carbocycles. The number of ether oxygens (including phenoxy) is 1. The molecule has 1 N–H and O–H groups in total. The average molecular weight is 320 g/mol. The van der Waals surface area contributed by atoms with Crippen LogP contribution in [0.25, 0.3) is 0 Å². The number of rotatable bonds is 4. The molecule has 124 valence electrons. The van der Waals surface area contributed by atoms with Crippen LogP contribution in [0.4, 0.5) is 4.39 Å². The molecule has 1 aromatic rings. The maximum Gasteiger partial charge on any atom is 0.321 e. The number of esters is 1. The molecule has 0 aromatic heterocycles. The van der Waals surface area contributed by atoms with E-state index in [0.717, 1.165) is 18.5 Å². The van der Waals surface area contributed by atoms with Gasteiger partial charge in [-0.25, -0.2) is 4.39 Å². The van der Waals surface area contributed by atoms with Gasteiger partial charge in [0.05, 0.1) is 13.2 Å². The van der Waals surface area contributed by atoms with E-state index in [9.17, 15) is 14.0 Å². The summed E-state index contributed by atoms with van der Waals surface area (Å²) in [6, 6.07) is 6.23. The molecule has 1 aliphatic carbocycles. The summed E-state index contributed by atoms with van der Waals surface area (Å²) >= 11 is 0. The smallest absolute Gasteiger partial charge is 0.321 e. The van der Waals surface area contributed by atoms with E-state index in [1.165, 1.54) is 19.2 Å². The predicted molar refractivity (Wildman–Crippen MR) is 82.0 cm³/mol. The van der Waals surface area contributed by atoms with Crippen molar-refractivity contribution in [3.8, 4) is 0 Å². The average Bonchev–Trinajstić information content (AvgIpc) is 3.28. The van der Waals surface area contributed by atoms with Gasteiger partial charge in [-0.3, -0.25) is 14.5 Å². The maximum atomic E-state index is 13.1. The van der Waals surface area contributed by atoms with E-state index < -0.39 is 11.4 Å². The number of halogens is 1. The third-order valence-electron chi connectivity index (χ3n) is 4.94. The lowest BCUT2D eigenvalue weighted by molar-refractivity contribution is -0.152. The third kappa shape index (κ3) is 2.83. The number of benzene rings is 1. The topological polar surface area (TPSA) is 58.6 Å². The predicted octanol–water partition coefficient (Wildman–Crippen LogP) is 1.64. The number of carbonyl (C=O) groups is 2. The summed E-state index contributed by atoms with van der Waals surface area (Å²) in [4.78, 5) is 26.5. The summed E-state index contributed by atoms with van der Waals surface area (Å²) in [6.07, 6.45) is 1.87. The molecule has 2 unspecified atom stereocenters. The van der Waals surface area contributed by atoms with E-state index in [0.29, 0.717) is 12.8 Å². The zero-order valence-corrected chi connectivity index (χ0v) is 13.3. The molecule has 1 saturated heterocycles. The minimum atomic E-state index is -0.997. The standard InChI is InChI=1S/C17H21FN2O3/c1-20-10-7-13(14(20)11-3-5-12(18)6-4-11)19-15(21)17(8-9-17)16(22)23-2/h3-6,13-14H,7-10H2,1-2H3,(H,19,21). The fourth-order valence-electron chi connectivity index (χ4n) is 3.40.